The molecule has 0 spiro atoms. The maximum Gasteiger partial charge on any atom is 0.364 e. The van der Waals surface area contributed by atoms with Crippen molar-refractivity contribution in [3.8, 4) is 17.2 Å². The molecule has 2 saturated carbocycles. The Morgan fingerprint density at radius 3 is 1.18 bits per heavy atom. The van der Waals surface area contributed by atoms with E-state index in [1.54, 1.807) is 45.0 Å². The number of carbonyl (C=O) groups excluding carboxylic acids is 1. The van der Waals surface area contributed by atoms with Gasteiger partial charge < -0.3 is 46.8 Å². The molecule has 2 aliphatic rings. The molecule has 9 aromatic rings. The summed E-state index contributed by atoms with van der Waals surface area (Å²) < 4.78 is 181. The zero-order chi connectivity index (χ0) is 89.4. The van der Waals surface area contributed by atoms with Crippen LogP contribution in [-0.4, -0.2) is 107 Å². The first-order valence-corrected chi connectivity index (χ1v) is 52.1. The Morgan fingerprint density at radius 1 is 0.451 bits per heavy atom. The first kappa shape index (κ1) is 104. The lowest BCUT2D eigenvalue weighted by atomic mass is 9.83. The summed E-state index contributed by atoms with van der Waals surface area (Å²) in [5.74, 6) is 4.30. The second-order valence-corrected chi connectivity index (χ2v) is 44.5. The van der Waals surface area contributed by atoms with Crippen molar-refractivity contribution in [3.05, 3.63) is 281 Å². The van der Waals surface area contributed by atoms with E-state index in [4.69, 9.17) is 28.4 Å². The van der Waals surface area contributed by atoms with Crippen LogP contribution in [0.5, 0.6) is 17.2 Å². The Morgan fingerprint density at radius 2 is 0.820 bits per heavy atom. The van der Waals surface area contributed by atoms with Crippen LogP contribution in [0, 0.1) is 32.8 Å². The summed E-state index contributed by atoms with van der Waals surface area (Å²) in [4.78, 5) is 11.1. The van der Waals surface area contributed by atoms with Gasteiger partial charge in [-0.25, -0.2) is 29.6 Å². The van der Waals surface area contributed by atoms with Crippen LogP contribution in [0.15, 0.2) is 252 Å². The normalized spacial score (nSPS) is 15.7. The van der Waals surface area contributed by atoms with Gasteiger partial charge in [0.1, 0.15) is 43.1 Å². The molecule has 666 valence electrons. The molecular formula is C96H120F3I3O17S3. The summed E-state index contributed by atoms with van der Waals surface area (Å²) in [6.45, 7) is 24.4. The predicted molar refractivity (Wildman–Crippen MR) is 457 cm³/mol. The van der Waals surface area contributed by atoms with Crippen molar-refractivity contribution in [1.29, 1.82) is 0 Å². The zero-order valence-corrected chi connectivity index (χ0v) is 80.8. The van der Waals surface area contributed by atoms with E-state index < -0.39 is 66.2 Å². The molecule has 2 aliphatic carbocycles. The van der Waals surface area contributed by atoms with Crippen LogP contribution in [0.25, 0.3) is 0 Å². The first-order valence-electron chi connectivity index (χ1n) is 41.4. The number of hydrogen-bond acceptors (Lipinski definition) is 17. The minimum absolute atomic E-state index is 0.0737. The van der Waals surface area contributed by atoms with Crippen molar-refractivity contribution in [1.82, 2.24) is 0 Å². The average molecular weight is 2080 g/mol. The van der Waals surface area contributed by atoms with Crippen LogP contribution in [0.2, 0.25) is 0 Å². The smallest absolute Gasteiger partial charge is 0.364 e. The van der Waals surface area contributed by atoms with E-state index >= 15 is 0 Å². The Hall–Kier alpha value is -6.56. The SMILES string of the molecule is CC(C)(C)Oc1ccc([I+]c2ccccc2)cc1.CC(OCCC1CCCCC1)Oc1ccc([I+]c2ccccc2)cc1.CC(OCCOC1CCC(c2ccccc2)CC1)Oc1ccc([I+]c2ccccc2)cc1.CCC(C)(C)C(=O)OCCC(F)C(F)(F)S(=O)(=O)[O-].CCC(C)c1ccc(S(=O)(=O)[O-])cc1.CCC(C)c1ccc(S(=O)(=O)[O-])cc1. The van der Waals surface area contributed by atoms with Gasteiger partial charge in [0.15, 0.2) is 50.3 Å². The molecule has 26 heteroatoms. The molecule has 2 fully saturated rings. The number of alkyl halides is 3. The lowest BCUT2D eigenvalue weighted by molar-refractivity contribution is -0.597. The van der Waals surface area contributed by atoms with Gasteiger partial charge in [0.05, 0.1) is 47.7 Å². The molecule has 0 aromatic heterocycles. The molecule has 0 aliphatic heterocycles. The number of esters is 1. The van der Waals surface area contributed by atoms with E-state index in [0.717, 1.165) is 66.6 Å². The third-order valence-electron chi connectivity index (χ3n) is 20.1. The molecule has 0 N–H and O–H groups in total. The Bertz CT molecular complexity index is 4680. The highest BCUT2D eigenvalue weighted by Crippen LogP contribution is 2.35. The molecule has 0 saturated heterocycles. The van der Waals surface area contributed by atoms with Crippen LogP contribution >= 0.6 is 0 Å². The molecule has 17 nitrogen and oxygen atoms in total. The summed E-state index contributed by atoms with van der Waals surface area (Å²) >= 11 is -0.328. The first-order chi connectivity index (χ1) is 57.8. The third-order valence-corrected chi connectivity index (χ3v) is 30.8. The summed E-state index contributed by atoms with van der Waals surface area (Å²) in [7, 11) is -14.7. The van der Waals surface area contributed by atoms with Gasteiger partial charge in [0.25, 0.3) is 0 Å². The van der Waals surface area contributed by atoms with Crippen molar-refractivity contribution in [3.63, 3.8) is 0 Å². The molecular weight excluding hydrogens is 1960 g/mol. The highest BCUT2D eigenvalue weighted by atomic mass is 127. The zero-order valence-electron chi connectivity index (χ0n) is 71.9. The van der Waals surface area contributed by atoms with Gasteiger partial charge in [-0.15, -0.1) is 0 Å². The number of hydrogen-bond donors (Lipinski definition) is 0. The summed E-state index contributed by atoms with van der Waals surface area (Å²) in [5.41, 5.74) is 2.60. The number of rotatable bonds is 34. The number of halogens is 6. The van der Waals surface area contributed by atoms with Crippen LogP contribution in [0.4, 0.5) is 13.2 Å². The second-order valence-electron chi connectivity index (χ2n) is 31.2. The fourth-order valence-corrected chi connectivity index (χ4v) is 20.3. The summed E-state index contributed by atoms with van der Waals surface area (Å²) in [5, 5.41) is -5.03. The molecule has 11 rings (SSSR count). The molecule has 0 bridgehead atoms. The summed E-state index contributed by atoms with van der Waals surface area (Å²) in [6, 6.07) is 80.6. The maximum absolute atomic E-state index is 13.0. The van der Waals surface area contributed by atoms with Crippen molar-refractivity contribution in [2.75, 3.05) is 26.4 Å². The topological polar surface area (TPSA) is 253 Å². The maximum atomic E-state index is 13.0. The van der Waals surface area contributed by atoms with E-state index in [9.17, 15) is 56.9 Å². The lowest BCUT2D eigenvalue weighted by Crippen LogP contribution is -3.61. The van der Waals surface area contributed by atoms with Gasteiger partial charge in [0.2, 0.25) is 0 Å². The quantitative estimate of drug-likeness (QED) is 0.0119. The molecule has 5 unspecified atom stereocenters. The fraction of sp³-hybridized carbons (Fsp3) is 0.427. The second kappa shape index (κ2) is 53.2. The molecule has 0 heterocycles. The number of benzene rings is 9. The van der Waals surface area contributed by atoms with Gasteiger partial charge in [-0.05, 0) is 274 Å². The van der Waals surface area contributed by atoms with Gasteiger partial charge in [-0.3, -0.25) is 4.79 Å². The minimum Gasteiger partial charge on any atom is -0.744 e. The van der Waals surface area contributed by atoms with Crippen molar-refractivity contribution >= 4 is 36.3 Å². The van der Waals surface area contributed by atoms with Gasteiger partial charge in [-0.2, -0.15) is 8.78 Å². The largest absolute Gasteiger partial charge is 0.744 e. The van der Waals surface area contributed by atoms with E-state index in [2.05, 4.69) is 235 Å². The predicted octanol–water partition coefficient (Wildman–Crippen LogP) is 12.9. The lowest BCUT2D eigenvalue weighted by Gasteiger charge is -2.29. The van der Waals surface area contributed by atoms with E-state index in [-0.39, 0.29) is 91.6 Å². The van der Waals surface area contributed by atoms with E-state index in [0.29, 0.717) is 43.5 Å². The van der Waals surface area contributed by atoms with Gasteiger partial charge in [0, 0.05) is 6.42 Å². The highest BCUT2D eigenvalue weighted by molar-refractivity contribution is 7.87. The van der Waals surface area contributed by atoms with Crippen molar-refractivity contribution in [2.24, 2.45) is 11.3 Å². The van der Waals surface area contributed by atoms with Crippen LogP contribution in [0.3, 0.4) is 0 Å². The van der Waals surface area contributed by atoms with Gasteiger partial charge >= 0.3 is 74.8 Å². The average Bonchev–Trinajstić information content (AvgIpc) is 0.812. The molecule has 5 atom stereocenters. The van der Waals surface area contributed by atoms with Crippen LogP contribution in [-0.2, 0) is 54.1 Å². The van der Waals surface area contributed by atoms with Crippen molar-refractivity contribution < 1.29 is 154 Å². The fourth-order valence-electron chi connectivity index (χ4n) is 12.2. The van der Waals surface area contributed by atoms with Crippen molar-refractivity contribution in [2.45, 2.75) is 236 Å². The Balaban J connectivity index is 0.000000233. The molecule has 0 radical (unpaired) electrons. The van der Waals surface area contributed by atoms with Gasteiger partial charge in [-0.1, -0.05) is 176 Å². The van der Waals surface area contributed by atoms with Crippen LogP contribution < -0.4 is 77.8 Å². The third kappa shape index (κ3) is 40.0. The number of ether oxygens (including phenoxy) is 7. The highest BCUT2D eigenvalue weighted by Gasteiger charge is 2.47. The van der Waals surface area contributed by atoms with E-state index in [1.165, 1.54) is 103 Å². The minimum atomic E-state index is -6.08. The number of carbonyl (C=O) groups is 1. The Kier molecular flexibility index (Phi) is 45.4. The molecule has 9 aromatic carbocycles. The standard InChI is InChI=1S/C28H32IO3.C22H28IO2.C16H18IO.C10H17F3O5S.2C10H14O3S/c1-22(32-28-18-14-26(15-19-28)29-25-10-6-3-7-11-25)30-20-21-31-27-16-12-24(13-17-27)23-8-4-2-5-9-23;1-18(24-17-16-19-8-4-2-5-9-19)25-22-14-12-21(13-15-22)23-20-10-6-3-7-11-20;1-16(2,3)18-15-11-9-14(10-12-15)17-13-7-5-4-6-8-13;1-4-9(2,3)8(14)18-6-5-7(11)10(12,13)19(15,16)17;2*1-3-8(2)9-4-6-10(7-5-9)14(11,12)13/h2-11,14-15,18-19,22,24,27H,12-13,16-17,20-21H2,1H3;3,6-7,10-15,18-19H,2,4-5,8-9,16-17H2,1H3;4-12H,1-3H3;7H,4-6H2,1-3H3,(H,15,16,17);2*4-8H,3H2,1-2H3,(H,11,12,13)/q3*+1;;;/p-3. The van der Waals surface area contributed by atoms with E-state index in [1.807, 2.05) is 26.0 Å². The monoisotopic (exact) mass is 2080 g/mol. The Labute approximate surface area is 755 Å². The van der Waals surface area contributed by atoms with Crippen LogP contribution in [0.1, 0.15) is 207 Å². The molecule has 0 amide bonds. The summed E-state index contributed by atoms with van der Waals surface area (Å²) in [6.07, 6.45) is 10.8. The molecule has 122 heavy (non-hydrogen) atoms.